The normalized spacial score (nSPS) is 11.9. The van der Waals surface area contributed by atoms with Crippen molar-refractivity contribution in [3.8, 4) is 22.4 Å². The molecule has 3 aromatic heterocycles. The van der Waals surface area contributed by atoms with Gasteiger partial charge in [-0.05, 0) is 71.3 Å². The number of nitrogens with zero attached hydrogens (tertiary/aromatic N) is 2. The van der Waals surface area contributed by atoms with Gasteiger partial charge in [-0.25, -0.2) is 0 Å². The second-order valence-corrected chi connectivity index (χ2v) is 8.57. The summed E-state index contributed by atoms with van der Waals surface area (Å²) in [5, 5.41) is 0. The Balaban J connectivity index is 1.73. The molecule has 4 rings (SSSR count). The van der Waals surface area contributed by atoms with Gasteiger partial charge in [0.25, 0.3) is 0 Å². The lowest BCUT2D eigenvalue weighted by atomic mass is 9.86. The van der Waals surface area contributed by atoms with E-state index in [1.165, 1.54) is 27.8 Å². The van der Waals surface area contributed by atoms with Gasteiger partial charge < -0.3 is 4.40 Å². The summed E-state index contributed by atoms with van der Waals surface area (Å²) >= 11 is 0. The van der Waals surface area contributed by atoms with Crippen molar-refractivity contribution < 1.29 is 0 Å². The van der Waals surface area contributed by atoms with Crippen LogP contribution in [0.3, 0.4) is 0 Å². The molecule has 4 aromatic rings. The Labute approximate surface area is 161 Å². The van der Waals surface area contributed by atoms with Gasteiger partial charge >= 0.3 is 0 Å². The van der Waals surface area contributed by atoms with E-state index in [2.05, 4.69) is 99.1 Å². The standard InChI is InChI=1S/C25H26N2/c1-18-16-26-24(14-22(18)15-25(2,3)4)20-8-5-7-19(13-20)21-10-11-23-9-6-12-27(23)17-21/h5-14,16-17H,15H2,1-4H3. The van der Waals surface area contributed by atoms with E-state index in [0.717, 1.165) is 17.7 Å². The second-order valence-electron chi connectivity index (χ2n) is 8.57. The van der Waals surface area contributed by atoms with Crippen molar-refractivity contribution in [1.82, 2.24) is 9.38 Å². The van der Waals surface area contributed by atoms with Gasteiger partial charge in [0.05, 0.1) is 5.69 Å². The third-order valence-corrected chi connectivity index (χ3v) is 4.95. The molecule has 0 spiro atoms. The minimum atomic E-state index is 0.261. The first-order valence-corrected chi connectivity index (χ1v) is 9.52. The molecule has 27 heavy (non-hydrogen) atoms. The second kappa shape index (κ2) is 6.70. The van der Waals surface area contributed by atoms with E-state index in [0.29, 0.717) is 0 Å². The fourth-order valence-electron chi connectivity index (χ4n) is 3.55. The van der Waals surface area contributed by atoms with Crippen molar-refractivity contribution in [3.63, 3.8) is 0 Å². The Kier molecular flexibility index (Phi) is 4.35. The van der Waals surface area contributed by atoms with Crippen molar-refractivity contribution in [2.24, 2.45) is 5.41 Å². The lowest BCUT2D eigenvalue weighted by molar-refractivity contribution is 0.410. The average Bonchev–Trinajstić information content (AvgIpc) is 3.10. The molecule has 0 N–H and O–H groups in total. The monoisotopic (exact) mass is 354 g/mol. The van der Waals surface area contributed by atoms with E-state index in [-0.39, 0.29) is 5.41 Å². The Hall–Kier alpha value is -2.87. The van der Waals surface area contributed by atoms with Crippen LogP contribution >= 0.6 is 0 Å². The van der Waals surface area contributed by atoms with Gasteiger partial charge in [-0.1, -0.05) is 45.0 Å². The van der Waals surface area contributed by atoms with E-state index in [1.54, 1.807) is 0 Å². The Bertz CT molecular complexity index is 1100. The van der Waals surface area contributed by atoms with Crippen LogP contribution in [-0.4, -0.2) is 9.38 Å². The molecule has 3 heterocycles. The van der Waals surface area contributed by atoms with Crippen LogP contribution in [0.5, 0.6) is 0 Å². The molecule has 0 saturated heterocycles. The zero-order valence-electron chi connectivity index (χ0n) is 16.5. The summed E-state index contributed by atoms with van der Waals surface area (Å²) in [6.45, 7) is 9.00. The summed E-state index contributed by atoms with van der Waals surface area (Å²) in [5.74, 6) is 0. The number of aryl methyl sites for hydroxylation is 1. The van der Waals surface area contributed by atoms with E-state index >= 15 is 0 Å². The fourth-order valence-corrected chi connectivity index (χ4v) is 3.55. The van der Waals surface area contributed by atoms with Gasteiger partial charge in [0, 0.05) is 29.7 Å². The van der Waals surface area contributed by atoms with Crippen molar-refractivity contribution in [1.29, 1.82) is 0 Å². The van der Waals surface area contributed by atoms with Crippen LogP contribution in [0, 0.1) is 12.3 Å². The highest BCUT2D eigenvalue weighted by atomic mass is 14.8. The van der Waals surface area contributed by atoms with E-state index < -0.39 is 0 Å². The smallest absolute Gasteiger partial charge is 0.0705 e. The van der Waals surface area contributed by atoms with Crippen LogP contribution in [0.1, 0.15) is 31.9 Å². The Morgan fingerprint density at radius 1 is 0.889 bits per heavy atom. The highest BCUT2D eigenvalue weighted by Gasteiger charge is 2.14. The lowest BCUT2D eigenvalue weighted by Gasteiger charge is -2.20. The summed E-state index contributed by atoms with van der Waals surface area (Å²) in [6.07, 6.45) is 7.33. The zero-order chi connectivity index (χ0) is 19.0. The first-order valence-electron chi connectivity index (χ1n) is 9.52. The highest BCUT2D eigenvalue weighted by molar-refractivity contribution is 5.72. The first-order chi connectivity index (χ1) is 12.9. The fraction of sp³-hybridized carbons (Fsp3) is 0.240. The molecule has 0 radical (unpaired) electrons. The number of hydrogen-bond donors (Lipinski definition) is 0. The molecule has 0 unspecified atom stereocenters. The van der Waals surface area contributed by atoms with E-state index in [1.807, 2.05) is 6.20 Å². The molecule has 0 fully saturated rings. The van der Waals surface area contributed by atoms with Crippen LogP contribution in [-0.2, 0) is 6.42 Å². The van der Waals surface area contributed by atoms with Crippen LogP contribution in [0.4, 0.5) is 0 Å². The molecule has 0 aliphatic carbocycles. The summed E-state index contributed by atoms with van der Waals surface area (Å²) in [4.78, 5) is 4.71. The van der Waals surface area contributed by atoms with Crippen molar-refractivity contribution in [3.05, 3.63) is 84.3 Å². The van der Waals surface area contributed by atoms with Crippen LogP contribution in [0.25, 0.3) is 27.9 Å². The zero-order valence-corrected chi connectivity index (χ0v) is 16.5. The molecule has 0 aliphatic rings. The van der Waals surface area contributed by atoms with Gasteiger partial charge in [-0.2, -0.15) is 0 Å². The predicted molar refractivity (Wildman–Crippen MR) is 114 cm³/mol. The summed E-state index contributed by atoms with van der Waals surface area (Å²) in [5.41, 5.74) is 8.75. The molecule has 2 heteroatoms. The van der Waals surface area contributed by atoms with Gasteiger partial charge in [-0.3, -0.25) is 4.98 Å². The highest BCUT2D eigenvalue weighted by Crippen LogP contribution is 2.29. The third kappa shape index (κ3) is 3.80. The minimum absolute atomic E-state index is 0.261. The van der Waals surface area contributed by atoms with Crippen LogP contribution in [0.15, 0.2) is 73.2 Å². The molecule has 0 bridgehead atoms. The SMILES string of the molecule is Cc1cnc(-c2cccc(-c3ccc4cccn4c3)c2)cc1CC(C)(C)C. The van der Waals surface area contributed by atoms with E-state index in [4.69, 9.17) is 4.98 Å². The molecule has 2 nitrogen and oxygen atoms in total. The maximum absolute atomic E-state index is 4.71. The van der Waals surface area contributed by atoms with Crippen molar-refractivity contribution in [2.75, 3.05) is 0 Å². The molecular weight excluding hydrogens is 328 g/mol. The quantitative estimate of drug-likeness (QED) is 0.407. The number of benzene rings is 1. The molecule has 0 atom stereocenters. The van der Waals surface area contributed by atoms with Crippen molar-refractivity contribution >= 4 is 5.52 Å². The van der Waals surface area contributed by atoms with Gasteiger partial charge in [0.2, 0.25) is 0 Å². The maximum atomic E-state index is 4.71. The van der Waals surface area contributed by atoms with Gasteiger partial charge in [0.15, 0.2) is 0 Å². The minimum Gasteiger partial charge on any atom is -0.323 e. The molecule has 0 amide bonds. The number of rotatable bonds is 3. The molecule has 136 valence electrons. The molecular formula is C25H26N2. The topological polar surface area (TPSA) is 17.3 Å². The van der Waals surface area contributed by atoms with Gasteiger partial charge in [0.1, 0.15) is 0 Å². The number of pyridine rings is 2. The average molecular weight is 354 g/mol. The van der Waals surface area contributed by atoms with Crippen LogP contribution in [0.2, 0.25) is 0 Å². The third-order valence-electron chi connectivity index (χ3n) is 4.95. The maximum Gasteiger partial charge on any atom is 0.0705 e. The Morgan fingerprint density at radius 2 is 1.70 bits per heavy atom. The van der Waals surface area contributed by atoms with Crippen molar-refractivity contribution in [2.45, 2.75) is 34.1 Å². The number of aromatic nitrogens is 2. The summed E-state index contributed by atoms with van der Waals surface area (Å²) in [7, 11) is 0. The van der Waals surface area contributed by atoms with Gasteiger partial charge in [-0.15, -0.1) is 0 Å². The number of fused-ring (bicyclic) bond motifs is 1. The molecule has 1 aromatic carbocycles. The molecule has 0 aliphatic heterocycles. The molecule has 0 saturated carbocycles. The predicted octanol–water partition coefficient (Wildman–Crippen LogP) is 6.57. The lowest BCUT2D eigenvalue weighted by Crippen LogP contribution is -2.10. The Morgan fingerprint density at radius 3 is 2.52 bits per heavy atom. The largest absolute Gasteiger partial charge is 0.323 e. The van der Waals surface area contributed by atoms with E-state index in [9.17, 15) is 0 Å². The summed E-state index contributed by atoms with van der Waals surface area (Å²) < 4.78 is 2.16. The number of hydrogen-bond acceptors (Lipinski definition) is 1. The summed E-state index contributed by atoms with van der Waals surface area (Å²) in [6, 6.07) is 19.5. The van der Waals surface area contributed by atoms with Crippen LogP contribution < -0.4 is 0 Å². The first kappa shape index (κ1) is 17.5.